The molecule has 1 aromatic rings. The molecule has 110 valence electrons. The molecule has 2 rings (SSSR count). The first-order valence-electron chi connectivity index (χ1n) is 6.95. The van der Waals surface area contributed by atoms with Crippen LogP contribution in [0.25, 0.3) is 0 Å². The Hall–Kier alpha value is -1.49. The molecule has 1 aliphatic rings. The predicted molar refractivity (Wildman–Crippen MR) is 73.2 cm³/mol. The molecule has 1 saturated carbocycles. The maximum absolute atomic E-state index is 14.1. The molecular formula is C15H20F2N2O. The monoisotopic (exact) mass is 282 g/mol. The summed E-state index contributed by atoms with van der Waals surface area (Å²) < 4.78 is 27.5. The predicted octanol–water partition coefficient (Wildman–Crippen LogP) is 2.19. The van der Waals surface area contributed by atoms with Crippen LogP contribution in [-0.2, 0) is 10.2 Å². The molecule has 0 aromatic heterocycles. The van der Waals surface area contributed by atoms with E-state index in [-0.39, 0.29) is 17.5 Å². The van der Waals surface area contributed by atoms with E-state index >= 15 is 0 Å². The van der Waals surface area contributed by atoms with Gasteiger partial charge in [0.25, 0.3) is 0 Å². The molecule has 0 unspecified atom stereocenters. The second-order valence-electron chi connectivity index (χ2n) is 5.35. The third-order valence-corrected chi connectivity index (χ3v) is 4.13. The molecular weight excluding hydrogens is 262 g/mol. The van der Waals surface area contributed by atoms with Crippen molar-refractivity contribution in [1.82, 2.24) is 4.90 Å². The molecule has 5 heteroatoms. The normalized spacial score (nSPS) is 25.1. The van der Waals surface area contributed by atoms with Crippen LogP contribution in [0.2, 0.25) is 0 Å². The fraction of sp³-hybridized carbons (Fsp3) is 0.533. The van der Waals surface area contributed by atoms with Crippen molar-refractivity contribution in [2.24, 2.45) is 5.73 Å². The fourth-order valence-corrected chi connectivity index (χ4v) is 3.02. The van der Waals surface area contributed by atoms with E-state index in [9.17, 15) is 13.6 Å². The number of nitrogens with zero attached hydrogens (tertiary/aromatic N) is 1. The highest BCUT2D eigenvalue weighted by atomic mass is 19.1. The molecule has 0 radical (unpaired) electrons. The standard InChI is InChI=1S/C15H20F2N2O/c1-3-19(4-2)14(20)15(8-11(18)9-15)12-7-10(16)5-6-13(12)17/h5-7,11H,3-4,8-9,18H2,1-2H3. The summed E-state index contributed by atoms with van der Waals surface area (Å²) in [5.41, 5.74) is 4.95. The van der Waals surface area contributed by atoms with Crippen molar-refractivity contribution in [2.75, 3.05) is 13.1 Å². The molecule has 1 amide bonds. The van der Waals surface area contributed by atoms with Crippen LogP contribution in [0.1, 0.15) is 32.3 Å². The second-order valence-corrected chi connectivity index (χ2v) is 5.35. The number of carbonyl (C=O) groups excluding carboxylic acids is 1. The van der Waals surface area contributed by atoms with Gasteiger partial charge in [-0.1, -0.05) is 0 Å². The first-order chi connectivity index (χ1) is 9.44. The fourth-order valence-electron chi connectivity index (χ4n) is 3.02. The first kappa shape index (κ1) is 14.9. The largest absolute Gasteiger partial charge is 0.342 e. The number of benzene rings is 1. The minimum absolute atomic E-state index is 0.135. The molecule has 1 aliphatic carbocycles. The zero-order valence-electron chi connectivity index (χ0n) is 11.8. The maximum atomic E-state index is 14.1. The average Bonchev–Trinajstić information content (AvgIpc) is 2.39. The van der Waals surface area contributed by atoms with Gasteiger partial charge in [0.1, 0.15) is 11.6 Å². The number of halogens is 2. The van der Waals surface area contributed by atoms with Gasteiger partial charge in [0, 0.05) is 24.7 Å². The summed E-state index contributed by atoms with van der Waals surface area (Å²) in [6, 6.07) is 3.12. The van der Waals surface area contributed by atoms with Gasteiger partial charge in [-0.15, -0.1) is 0 Å². The van der Waals surface area contributed by atoms with Gasteiger partial charge in [-0.05, 0) is 44.9 Å². The van der Waals surface area contributed by atoms with E-state index in [2.05, 4.69) is 0 Å². The number of likely N-dealkylation sites (N-methyl/N-ethyl adjacent to an activating group) is 1. The van der Waals surface area contributed by atoms with Gasteiger partial charge in [0.05, 0.1) is 5.41 Å². The van der Waals surface area contributed by atoms with E-state index in [1.54, 1.807) is 4.90 Å². The van der Waals surface area contributed by atoms with E-state index in [0.717, 1.165) is 18.2 Å². The number of amides is 1. The third-order valence-electron chi connectivity index (χ3n) is 4.13. The van der Waals surface area contributed by atoms with Gasteiger partial charge in [0.2, 0.25) is 5.91 Å². The summed E-state index contributed by atoms with van der Waals surface area (Å²) in [7, 11) is 0. The van der Waals surface area contributed by atoms with E-state index < -0.39 is 17.0 Å². The number of nitrogens with two attached hydrogens (primary N) is 1. The Balaban J connectivity index is 2.45. The topological polar surface area (TPSA) is 46.3 Å². The Kier molecular flexibility index (Phi) is 4.09. The minimum Gasteiger partial charge on any atom is -0.342 e. The Morgan fingerprint density at radius 2 is 1.95 bits per heavy atom. The van der Waals surface area contributed by atoms with Gasteiger partial charge in [-0.3, -0.25) is 4.79 Å². The van der Waals surface area contributed by atoms with Crippen LogP contribution in [0.5, 0.6) is 0 Å². The summed E-state index contributed by atoms with van der Waals surface area (Å²) in [4.78, 5) is 14.3. The first-order valence-corrected chi connectivity index (χ1v) is 6.95. The summed E-state index contributed by atoms with van der Waals surface area (Å²) in [6.07, 6.45) is 0.728. The molecule has 0 bridgehead atoms. The lowest BCUT2D eigenvalue weighted by Crippen LogP contribution is -2.59. The molecule has 0 saturated heterocycles. The lowest BCUT2D eigenvalue weighted by atomic mass is 9.60. The molecule has 2 N–H and O–H groups in total. The summed E-state index contributed by atoms with van der Waals surface area (Å²) in [5.74, 6) is -1.24. The van der Waals surface area contributed by atoms with Crippen LogP contribution >= 0.6 is 0 Å². The number of carbonyl (C=O) groups is 1. The van der Waals surface area contributed by atoms with Crippen LogP contribution in [0, 0.1) is 11.6 Å². The molecule has 1 aromatic carbocycles. The second kappa shape index (κ2) is 5.48. The van der Waals surface area contributed by atoms with E-state index in [4.69, 9.17) is 5.73 Å². The minimum atomic E-state index is -1.00. The lowest BCUT2D eigenvalue weighted by molar-refractivity contribution is -0.141. The molecule has 0 heterocycles. The number of hydrogen-bond acceptors (Lipinski definition) is 2. The summed E-state index contributed by atoms with van der Waals surface area (Å²) in [6.45, 7) is 4.83. The molecule has 0 aliphatic heterocycles. The van der Waals surface area contributed by atoms with Crippen molar-refractivity contribution in [1.29, 1.82) is 0 Å². The highest BCUT2D eigenvalue weighted by Gasteiger charge is 2.52. The highest BCUT2D eigenvalue weighted by molar-refractivity contribution is 5.89. The Morgan fingerprint density at radius 3 is 2.45 bits per heavy atom. The van der Waals surface area contributed by atoms with Gasteiger partial charge < -0.3 is 10.6 Å². The molecule has 0 atom stereocenters. The van der Waals surface area contributed by atoms with Crippen LogP contribution in [0.15, 0.2) is 18.2 Å². The smallest absolute Gasteiger partial charge is 0.233 e. The van der Waals surface area contributed by atoms with Crippen molar-refractivity contribution in [3.63, 3.8) is 0 Å². The molecule has 20 heavy (non-hydrogen) atoms. The van der Waals surface area contributed by atoms with Crippen molar-refractivity contribution in [3.8, 4) is 0 Å². The quantitative estimate of drug-likeness (QED) is 0.920. The zero-order chi connectivity index (χ0) is 14.9. The van der Waals surface area contributed by atoms with Crippen molar-refractivity contribution in [3.05, 3.63) is 35.4 Å². The van der Waals surface area contributed by atoms with E-state index in [1.165, 1.54) is 0 Å². The summed E-state index contributed by atoms with van der Waals surface area (Å²) in [5, 5.41) is 0. The van der Waals surface area contributed by atoms with Gasteiger partial charge in [-0.2, -0.15) is 0 Å². The maximum Gasteiger partial charge on any atom is 0.233 e. The van der Waals surface area contributed by atoms with E-state index in [0.29, 0.717) is 25.9 Å². The third kappa shape index (κ3) is 2.30. The van der Waals surface area contributed by atoms with Gasteiger partial charge in [0.15, 0.2) is 0 Å². The Labute approximate surface area is 117 Å². The lowest BCUT2D eigenvalue weighted by Gasteiger charge is -2.47. The molecule has 0 spiro atoms. The van der Waals surface area contributed by atoms with E-state index in [1.807, 2.05) is 13.8 Å². The van der Waals surface area contributed by atoms with Gasteiger partial charge >= 0.3 is 0 Å². The van der Waals surface area contributed by atoms with Crippen LogP contribution in [0.4, 0.5) is 8.78 Å². The van der Waals surface area contributed by atoms with Crippen LogP contribution in [-0.4, -0.2) is 29.9 Å². The number of hydrogen-bond donors (Lipinski definition) is 1. The SMILES string of the molecule is CCN(CC)C(=O)C1(c2cc(F)ccc2F)CC(N)C1. The van der Waals surface area contributed by atoms with Crippen molar-refractivity contribution >= 4 is 5.91 Å². The van der Waals surface area contributed by atoms with Gasteiger partial charge in [-0.25, -0.2) is 8.78 Å². The Morgan fingerprint density at radius 1 is 1.35 bits per heavy atom. The van der Waals surface area contributed by atoms with Crippen LogP contribution < -0.4 is 5.73 Å². The van der Waals surface area contributed by atoms with Crippen LogP contribution in [0.3, 0.4) is 0 Å². The Bertz CT molecular complexity index is 509. The van der Waals surface area contributed by atoms with Crippen molar-refractivity contribution < 1.29 is 13.6 Å². The average molecular weight is 282 g/mol. The molecule has 1 fully saturated rings. The zero-order valence-corrected chi connectivity index (χ0v) is 11.8. The van der Waals surface area contributed by atoms with Crippen molar-refractivity contribution in [2.45, 2.75) is 38.1 Å². The number of rotatable bonds is 4. The summed E-state index contributed by atoms with van der Waals surface area (Å²) >= 11 is 0. The molecule has 3 nitrogen and oxygen atoms in total. The highest BCUT2D eigenvalue weighted by Crippen LogP contribution is 2.45.